The quantitative estimate of drug-likeness (QED) is 0.342. The van der Waals surface area contributed by atoms with E-state index in [1.807, 2.05) is 6.92 Å². The van der Waals surface area contributed by atoms with Crippen LogP contribution in [0.15, 0.2) is 29.3 Å². The van der Waals surface area contributed by atoms with Crippen LogP contribution in [-0.4, -0.2) is 55.6 Å². The van der Waals surface area contributed by atoms with Crippen LogP contribution in [0.25, 0.3) is 0 Å². The van der Waals surface area contributed by atoms with Crippen LogP contribution in [0.1, 0.15) is 50.8 Å². The lowest BCUT2D eigenvalue weighted by atomic mass is 10.0. The van der Waals surface area contributed by atoms with Crippen LogP contribution in [0.4, 0.5) is 0 Å². The molecule has 0 bridgehead atoms. The van der Waals surface area contributed by atoms with Crippen molar-refractivity contribution in [3.05, 3.63) is 35.4 Å². The van der Waals surface area contributed by atoms with Gasteiger partial charge >= 0.3 is 0 Å². The summed E-state index contributed by atoms with van der Waals surface area (Å²) < 4.78 is 6.01. The van der Waals surface area contributed by atoms with E-state index in [0.717, 1.165) is 32.0 Å². The second-order valence-electron chi connectivity index (χ2n) is 7.02. The Kier molecular flexibility index (Phi) is 11.4. The number of guanidine groups is 1. The highest BCUT2D eigenvalue weighted by Gasteiger charge is 2.25. The van der Waals surface area contributed by atoms with E-state index in [2.05, 4.69) is 65.6 Å². The van der Waals surface area contributed by atoms with E-state index in [1.165, 1.54) is 11.1 Å². The molecule has 1 aromatic rings. The van der Waals surface area contributed by atoms with Crippen molar-refractivity contribution < 1.29 is 9.53 Å². The number of aliphatic imine (C=N–C) groups is 1. The molecule has 1 aromatic carbocycles. The Hall–Kier alpha value is -1.35. The molecule has 0 aromatic heterocycles. The lowest BCUT2D eigenvalue weighted by Crippen LogP contribution is -2.48. The summed E-state index contributed by atoms with van der Waals surface area (Å²) in [5, 5.41) is 6.34. The van der Waals surface area contributed by atoms with Crippen molar-refractivity contribution in [3.63, 3.8) is 0 Å². The van der Waals surface area contributed by atoms with Gasteiger partial charge in [0.2, 0.25) is 5.91 Å². The predicted molar refractivity (Wildman–Crippen MR) is 125 cm³/mol. The minimum absolute atomic E-state index is 0. The number of morpholine rings is 1. The van der Waals surface area contributed by atoms with Gasteiger partial charge in [0.25, 0.3) is 0 Å². The van der Waals surface area contributed by atoms with E-state index >= 15 is 0 Å². The molecule has 2 N–H and O–H groups in total. The third-order valence-electron chi connectivity index (χ3n) is 4.86. The molecule has 6 nitrogen and oxygen atoms in total. The van der Waals surface area contributed by atoms with Gasteiger partial charge in [-0.2, -0.15) is 0 Å². The molecule has 2 rings (SSSR count). The number of ether oxygens (including phenoxy) is 1. The number of carbonyl (C=O) groups is 1. The number of nitrogens with one attached hydrogen (secondary N) is 2. The third kappa shape index (κ3) is 7.58. The second kappa shape index (κ2) is 13.0. The molecule has 28 heavy (non-hydrogen) atoms. The first-order valence-electron chi connectivity index (χ1n) is 10.0. The monoisotopic (exact) mass is 502 g/mol. The van der Waals surface area contributed by atoms with Crippen LogP contribution in [-0.2, 0) is 9.53 Å². The van der Waals surface area contributed by atoms with Gasteiger partial charge in [0.15, 0.2) is 5.96 Å². The van der Waals surface area contributed by atoms with Gasteiger partial charge in [-0.1, -0.05) is 31.2 Å². The van der Waals surface area contributed by atoms with Crippen LogP contribution >= 0.6 is 24.0 Å². The molecular weight excluding hydrogens is 467 g/mol. The predicted octanol–water partition coefficient (Wildman–Crippen LogP) is 3.26. The van der Waals surface area contributed by atoms with Crippen molar-refractivity contribution in [2.75, 3.05) is 32.8 Å². The number of amides is 1. The number of halogens is 1. The Labute approximate surface area is 186 Å². The van der Waals surface area contributed by atoms with Gasteiger partial charge in [-0.05, 0) is 38.3 Å². The first kappa shape index (κ1) is 24.7. The van der Waals surface area contributed by atoms with Crippen LogP contribution in [0, 0.1) is 6.92 Å². The van der Waals surface area contributed by atoms with Crippen LogP contribution in [0.2, 0.25) is 0 Å². The van der Waals surface area contributed by atoms with Crippen molar-refractivity contribution in [1.29, 1.82) is 0 Å². The highest BCUT2D eigenvalue weighted by atomic mass is 127. The summed E-state index contributed by atoms with van der Waals surface area (Å²) in [5.41, 5.74) is 2.47. The highest BCUT2D eigenvalue weighted by Crippen LogP contribution is 2.24. The molecule has 0 radical (unpaired) electrons. The average Bonchev–Trinajstić information content (AvgIpc) is 2.67. The highest BCUT2D eigenvalue weighted by molar-refractivity contribution is 14.0. The van der Waals surface area contributed by atoms with Gasteiger partial charge < -0.3 is 20.3 Å². The van der Waals surface area contributed by atoms with E-state index in [4.69, 9.17) is 4.74 Å². The molecule has 0 saturated carbocycles. The van der Waals surface area contributed by atoms with Gasteiger partial charge in [0, 0.05) is 25.6 Å². The normalized spacial score (nSPS) is 18.2. The fourth-order valence-corrected chi connectivity index (χ4v) is 3.12. The summed E-state index contributed by atoms with van der Waals surface area (Å²) in [6.07, 6.45) is 1.38. The zero-order valence-electron chi connectivity index (χ0n) is 17.5. The summed E-state index contributed by atoms with van der Waals surface area (Å²) in [5.74, 6) is 0.916. The average molecular weight is 502 g/mol. The smallest absolute Gasteiger partial charge is 0.222 e. The molecule has 1 heterocycles. The van der Waals surface area contributed by atoms with Crippen LogP contribution < -0.4 is 10.6 Å². The van der Waals surface area contributed by atoms with Gasteiger partial charge in [0.1, 0.15) is 6.10 Å². The number of hydrogen-bond donors (Lipinski definition) is 2. The summed E-state index contributed by atoms with van der Waals surface area (Å²) in [6, 6.07) is 8.57. The lowest BCUT2D eigenvalue weighted by Gasteiger charge is -2.35. The molecular formula is C21H35IN4O2. The number of aryl methyl sites for hydroxylation is 1. The summed E-state index contributed by atoms with van der Waals surface area (Å²) in [7, 11) is 0. The Balaban J connectivity index is 0.00000392. The number of carbonyl (C=O) groups excluding carboxylic acids is 1. The van der Waals surface area contributed by atoms with Crippen molar-refractivity contribution >= 4 is 35.8 Å². The third-order valence-corrected chi connectivity index (χ3v) is 4.86. The van der Waals surface area contributed by atoms with E-state index in [1.54, 1.807) is 0 Å². The van der Waals surface area contributed by atoms with Gasteiger partial charge in [-0.15, -0.1) is 24.0 Å². The van der Waals surface area contributed by atoms with E-state index in [9.17, 15) is 4.79 Å². The fourth-order valence-electron chi connectivity index (χ4n) is 3.12. The maximum Gasteiger partial charge on any atom is 0.222 e. The van der Waals surface area contributed by atoms with Crippen LogP contribution in [0.5, 0.6) is 0 Å². The molecule has 1 aliphatic rings. The van der Waals surface area contributed by atoms with Gasteiger partial charge in [0.05, 0.1) is 19.7 Å². The zero-order chi connectivity index (χ0) is 19.6. The Morgan fingerprint density at radius 3 is 2.79 bits per heavy atom. The largest absolute Gasteiger partial charge is 0.370 e. The minimum atomic E-state index is 0. The fraction of sp³-hybridized carbons (Fsp3) is 0.619. The van der Waals surface area contributed by atoms with E-state index < -0.39 is 0 Å². The van der Waals surface area contributed by atoms with Crippen molar-refractivity contribution in [1.82, 2.24) is 15.5 Å². The Bertz CT molecular complexity index is 639. The SMILES string of the molecule is CCNC(=NCCC(=O)NC(C)CC)N1CCOC(c2ccccc2C)C1.I. The number of benzene rings is 1. The number of hydrogen-bond acceptors (Lipinski definition) is 3. The second-order valence-corrected chi connectivity index (χ2v) is 7.02. The van der Waals surface area contributed by atoms with Crippen molar-refractivity contribution in [2.24, 2.45) is 4.99 Å². The first-order chi connectivity index (χ1) is 13.0. The van der Waals surface area contributed by atoms with Gasteiger partial charge in [-0.3, -0.25) is 9.79 Å². The van der Waals surface area contributed by atoms with Crippen molar-refractivity contribution in [2.45, 2.75) is 52.7 Å². The summed E-state index contributed by atoms with van der Waals surface area (Å²) in [4.78, 5) is 18.9. The van der Waals surface area contributed by atoms with E-state index in [-0.39, 0.29) is 42.0 Å². The molecule has 0 aliphatic carbocycles. The van der Waals surface area contributed by atoms with Crippen molar-refractivity contribution in [3.8, 4) is 0 Å². The molecule has 1 fully saturated rings. The van der Waals surface area contributed by atoms with E-state index in [0.29, 0.717) is 19.6 Å². The Morgan fingerprint density at radius 2 is 2.11 bits per heavy atom. The molecule has 2 unspecified atom stereocenters. The maximum atomic E-state index is 12.0. The first-order valence-corrected chi connectivity index (χ1v) is 10.0. The lowest BCUT2D eigenvalue weighted by molar-refractivity contribution is -0.121. The number of rotatable bonds is 7. The maximum absolute atomic E-state index is 12.0. The Morgan fingerprint density at radius 1 is 1.36 bits per heavy atom. The molecule has 158 valence electrons. The molecule has 0 spiro atoms. The zero-order valence-corrected chi connectivity index (χ0v) is 19.9. The summed E-state index contributed by atoms with van der Waals surface area (Å²) in [6.45, 7) is 11.8. The molecule has 1 amide bonds. The molecule has 7 heteroatoms. The molecule has 2 atom stereocenters. The number of nitrogens with zero attached hydrogens (tertiary/aromatic N) is 2. The summed E-state index contributed by atoms with van der Waals surface area (Å²) >= 11 is 0. The van der Waals surface area contributed by atoms with Gasteiger partial charge in [-0.25, -0.2) is 0 Å². The topological polar surface area (TPSA) is 66.0 Å². The molecule has 1 aliphatic heterocycles. The standard InChI is InChI=1S/C21H34N4O2.HI/c1-5-17(4)24-20(26)11-12-23-21(22-6-2)25-13-14-27-19(15-25)18-10-8-7-9-16(18)3;/h7-10,17,19H,5-6,11-15H2,1-4H3,(H,22,23)(H,24,26);1H. The van der Waals surface area contributed by atoms with Crippen LogP contribution in [0.3, 0.4) is 0 Å². The minimum Gasteiger partial charge on any atom is -0.370 e. The molecule has 1 saturated heterocycles.